The molecule has 3 N–H and O–H groups in total. The number of aromatic nitrogens is 3. The molecular formula is C25H38N5O4P. The van der Waals surface area contributed by atoms with E-state index in [9.17, 15) is 9.36 Å². The van der Waals surface area contributed by atoms with Crippen molar-refractivity contribution in [2.75, 3.05) is 32.2 Å². The van der Waals surface area contributed by atoms with E-state index in [1.807, 2.05) is 39.0 Å². The summed E-state index contributed by atoms with van der Waals surface area (Å²) in [7, 11) is -2.44. The third-order valence-corrected chi connectivity index (χ3v) is 6.98. The summed E-state index contributed by atoms with van der Waals surface area (Å²) in [6.07, 6.45) is 3.81. The Bertz CT molecular complexity index is 1240. The van der Waals surface area contributed by atoms with Crippen molar-refractivity contribution in [3.8, 4) is 0 Å². The van der Waals surface area contributed by atoms with Gasteiger partial charge in [0.05, 0.1) is 5.52 Å². The topological polar surface area (TPSA) is 121 Å². The normalized spacial score (nSPS) is 12.3. The Morgan fingerprint density at radius 3 is 2.57 bits per heavy atom. The number of nitrogens with two attached hydrogens (primary N) is 1. The molecule has 2 aromatic heterocycles. The van der Waals surface area contributed by atoms with Crippen LogP contribution in [0.4, 0.5) is 10.6 Å². The smallest absolute Gasteiger partial charge is 0.407 e. The summed E-state index contributed by atoms with van der Waals surface area (Å²) in [6, 6.07) is 5.65. The first-order valence-electron chi connectivity index (χ1n) is 12.2. The molecule has 0 radical (unpaired) electrons. The number of benzene rings is 1. The summed E-state index contributed by atoms with van der Waals surface area (Å²) >= 11 is 0. The van der Waals surface area contributed by atoms with Gasteiger partial charge in [-0.25, -0.2) is 14.8 Å². The number of hydrogen-bond acceptors (Lipinski definition) is 7. The Hall–Kier alpha value is -2.80. The molecule has 2 heterocycles. The quantitative estimate of drug-likeness (QED) is 0.309. The Kier molecular flexibility index (Phi) is 8.31. The molecule has 1 aromatic carbocycles. The van der Waals surface area contributed by atoms with Gasteiger partial charge >= 0.3 is 6.09 Å². The Labute approximate surface area is 207 Å². The molecule has 0 saturated carbocycles. The first-order chi connectivity index (χ1) is 16.4. The maximum Gasteiger partial charge on any atom is 0.407 e. The van der Waals surface area contributed by atoms with Gasteiger partial charge in [0.15, 0.2) is 5.82 Å². The number of carbonyl (C=O) groups is 1. The number of fused-ring (bicyclic) bond motifs is 3. The summed E-state index contributed by atoms with van der Waals surface area (Å²) in [5.41, 5.74) is 7.84. The second-order valence-corrected chi connectivity index (χ2v) is 13.4. The minimum Gasteiger partial charge on any atom is -0.444 e. The molecule has 0 unspecified atom stereocenters. The molecule has 0 bridgehead atoms. The Balaban J connectivity index is 1.81. The molecule has 0 aliphatic heterocycles. The maximum absolute atomic E-state index is 12.6. The van der Waals surface area contributed by atoms with E-state index < -0.39 is 18.8 Å². The number of hydrogen-bond donors (Lipinski definition) is 2. The van der Waals surface area contributed by atoms with Crippen molar-refractivity contribution in [3.63, 3.8) is 0 Å². The van der Waals surface area contributed by atoms with Crippen molar-refractivity contribution in [3.05, 3.63) is 24.0 Å². The number of unbranched alkanes of at least 4 members (excludes halogenated alkanes) is 2. The largest absolute Gasteiger partial charge is 0.444 e. The van der Waals surface area contributed by atoms with Crippen LogP contribution < -0.4 is 21.2 Å². The van der Waals surface area contributed by atoms with Crippen molar-refractivity contribution < 1.29 is 18.9 Å². The van der Waals surface area contributed by atoms with Crippen LogP contribution in [0.25, 0.3) is 21.9 Å². The minimum absolute atomic E-state index is 0.327. The van der Waals surface area contributed by atoms with Crippen molar-refractivity contribution in [1.82, 2.24) is 20.0 Å². The fraction of sp³-hybridized carbons (Fsp3) is 0.560. The number of ether oxygens (including phenoxy) is 1. The Morgan fingerprint density at radius 2 is 1.91 bits per heavy atom. The average molecular weight is 504 g/mol. The molecule has 0 aliphatic rings. The van der Waals surface area contributed by atoms with Gasteiger partial charge in [0.1, 0.15) is 36.2 Å². The van der Waals surface area contributed by atoms with Gasteiger partial charge in [-0.3, -0.25) is 0 Å². The number of imidazole rings is 1. The van der Waals surface area contributed by atoms with Crippen molar-refractivity contribution in [2.45, 2.75) is 65.4 Å². The lowest BCUT2D eigenvalue weighted by Gasteiger charge is -2.19. The van der Waals surface area contributed by atoms with Crippen molar-refractivity contribution >= 4 is 46.3 Å². The first kappa shape index (κ1) is 26.8. The molecule has 3 rings (SSSR count). The molecule has 0 atom stereocenters. The third kappa shape index (κ3) is 6.88. The molecular weight excluding hydrogens is 465 g/mol. The fourth-order valence-electron chi connectivity index (χ4n) is 3.72. The van der Waals surface area contributed by atoms with Crippen LogP contribution in [0.3, 0.4) is 0 Å². The summed E-state index contributed by atoms with van der Waals surface area (Å²) < 4.78 is 19.6. The third-order valence-electron chi connectivity index (χ3n) is 5.46. The zero-order valence-electron chi connectivity index (χ0n) is 21.7. The molecule has 0 saturated heterocycles. The number of nitrogens with one attached hydrogen (secondary N) is 1. The lowest BCUT2D eigenvalue weighted by atomic mass is 10.2. The molecule has 192 valence electrons. The summed E-state index contributed by atoms with van der Waals surface area (Å²) in [4.78, 5) is 27.3. The van der Waals surface area contributed by atoms with E-state index in [-0.39, 0.29) is 0 Å². The van der Waals surface area contributed by atoms with Gasteiger partial charge in [-0.2, -0.15) is 4.73 Å². The van der Waals surface area contributed by atoms with E-state index in [4.69, 9.17) is 20.3 Å². The number of anilines is 1. The van der Waals surface area contributed by atoms with Crippen LogP contribution in [-0.2, 0) is 15.7 Å². The van der Waals surface area contributed by atoms with Crippen LogP contribution >= 0.6 is 7.14 Å². The van der Waals surface area contributed by atoms with Crippen LogP contribution in [-0.4, -0.2) is 52.9 Å². The molecule has 3 aromatic rings. The second-order valence-electron chi connectivity index (χ2n) is 10.1. The number of carbonyl (C=O) groups excluding carboxylic acids is 1. The number of rotatable bonds is 10. The van der Waals surface area contributed by atoms with Crippen LogP contribution in [0.1, 0.15) is 59.2 Å². The molecule has 9 nitrogen and oxygen atoms in total. The SMILES string of the molecule is CCCCc1nc2c(N)nc3cc(P(C)(C)=O)ccc3c2n1OCCCCNC(=O)OC(C)(C)C. The van der Waals surface area contributed by atoms with Crippen LogP contribution in [0.2, 0.25) is 0 Å². The minimum atomic E-state index is -2.44. The predicted molar refractivity (Wildman–Crippen MR) is 142 cm³/mol. The van der Waals surface area contributed by atoms with E-state index in [1.54, 1.807) is 18.1 Å². The molecule has 0 aliphatic carbocycles. The number of pyridine rings is 1. The number of nitrogens with zero attached hydrogens (tertiary/aromatic N) is 3. The van der Waals surface area contributed by atoms with Crippen LogP contribution in [0.15, 0.2) is 18.2 Å². The van der Waals surface area contributed by atoms with Gasteiger partial charge in [-0.05, 0) is 65.5 Å². The number of aryl methyl sites for hydroxylation is 1. The van der Waals surface area contributed by atoms with E-state index in [0.29, 0.717) is 30.0 Å². The number of nitrogen functional groups attached to an aromatic ring is 1. The summed E-state index contributed by atoms with van der Waals surface area (Å²) in [5, 5.41) is 4.38. The number of amides is 1. The van der Waals surface area contributed by atoms with Gasteiger partial charge in [-0.1, -0.05) is 19.4 Å². The standard InChI is InChI=1S/C25H38N5O4P/c1-7-8-11-20-29-21-22(18-13-12-17(35(5,6)32)16-19(18)28-23(21)26)30(20)33-15-10-9-14-27-24(31)34-25(2,3)4/h12-13,16H,7-11,14-15H2,1-6H3,(H2,26,28)(H,27,31). The highest BCUT2D eigenvalue weighted by Gasteiger charge is 2.20. The fourth-order valence-corrected chi connectivity index (χ4v) is 4.58. The van der Waals surface area contributed by atoms with Crippen molar-refractivity contribution in [1.29, 1.82) is 0 Å². The lowest BCUT2D eigenvalue weighted by Crippen LogP contribution is -2.33. The monoisotopic (exact) mass is 503 g/mol. The summed E-state index contributed by atoms with van der Waals surface area (Å²) in [5.74, 6) is 1.13. The zero-order valence-corrected chi connectivity index (χ0v) is 22.6. The first-order valence-corrected chi connectivity index (χ1v) is 14.8. The maximum atomic E-state index is 12.6. The highest BCUT2D eigenvalue weighted by molar-refractivity contribution is 7.70. The van der Waals surface area contributed by atoms with E-state index in [0.717, 1.165) is 54.1 Å². The highest BCUT2D eigenvalue weighted by Crippen LogP contribution is 2.36. The lowest BCUT2D eigenvalue weighted by molar-refractivity contribution is 0.0524. The number of alkyl carbamates (subject to hydrolysis) is 1. The zero-order chi connectivity index (χ0) is 25.8. The van der Waals surface area contributed by atoms with E-state index in [2.05, 4.69) is 17.2 Å². The summed E-state index contributed by atoms with van der Waals surface area (Å²) in [6.45, 7) is 12.1. The van der Waals surface area contributed by atoms with Crippen LogP contribution in [0.5, 0.6) is 0 Å². The van der Waals surface area contributed by atoms with Gasteiger partial charge < -0.3 is 25.2 Å². The predicted octanol–water partition coefficient (Wildman–Crippen LogP) is 4.49. The van der Waals surface area contributed by atoms with Gasteiger partial charge in [0, 0.05) is 23.7 Å². The molecule has 10 heteroatoms. The van der Waals surface area contributed by atoms with E-state index in [1.165, 1.54) is 0 Å². The van der Waals surface area contributed by atoms with Gasteiger partial charge in [0.25, 0.3) is 0 Å². The highest BCUT2D eigenvalue weighted by atomic mass is 31.2. The van der Waals surface area contributed by atoms with Crippen molar-refractivity contribution in [2.24, 2.45) is 0 Å². The molecule has 1 amide bonds. The van der Waals surface area contributed by atoms with Crippen LogP contribution in [0, 0.1) is 0 Å². The second kappa shape index (κ2) is 10.9. The van der Waals surface area contributed by atoms with Gasteiger partial charge in [0.2, 0.25) is 0 Å². The molecule has 35 heavy (non-hydrogen) atoms. The average Bonchev–Trinajstić information content (AvgIpc) is 3.11. The van der Waals surface area contributed by atoms with Gasteiger partial charge in [-0.15, -0.1) is 0 Å². The molecule has 0 fully saturated rings. The van der Waals surface area contributed by atoms with E-state index >= 15 is 0 Å². The molecule has 0 spiro atoms. The Morgan fingerprint density at radius 1 is 1.17 bits per heavy atom.